The second-order valence-corrected chi connectivity index (χ2v) is 3.38. The van der Waals surface area contributed by atoms with Crippen molar-refractivity contribution >= 4 is 11.9 Å². The molecule has 0 saturated heterocycles. The second kappa shape index (κ2) is 4.95. The van der Waals surface area contributed by atoms with Crippen molar-refractivity contribution in [1.82, 2.24) is 0 Å². The first-order valence-electron chi connectivity index (χ1n) is 5.06. The van der Waals surface area contributed by atoms with Crippen LogP contribution >= 0.6 is 0 Å². The number of ketones is 1. The van der Waals surface area contributed by atoms with Crippen molar-refractivity contribution in [2.45, 2.75) is 0 Å². The summed E-state index contributed by atoms with van der Waals surface area (Å²) in [6.07, 6.45) is 2.93. The standard InChI is InChI=1S/C14H9NO2/c15-10-12(9-13-7-4-8-17-13)14(16)11-5-2-1-3-6-11/h1-9H/b12-9+. The molecule has 0 aliphatic heterocycles. The van der Waals surface area contributed by atoms with E-state index >= 15 is 0 Å². The van der Waals surface area contributed by atoms with Gasteiger partial charge in [-0.05, 0) is 12.1 Å². The molecule has 17 heavy (non-hydrogen) atoms. The van der Waals surface area contributed by atoms with E-state index in [2.05, 4.69) is 0 Å². The zero-order chi connectivity index (χ0) is 12.1. The summed E-state index contributed by atoms with van der Waals surface area (Å²) < 4.78 is 5.07. The molecule has 82 valence electrons. The van der Waals surface area contributed by atoms with Crippen molar-refractivity contribution in [2.75, 3.05) is 0 Å². The maximum atomic E-state index is 12.0. The van der Waals surface area contributed by atoms with Gasteiger partial charge in [0.1, 0.15) is 17.4 Å². The van der Waals surface area contributed by atoms with E-state index in [4.69, 9.17) is 9.68 Å². The zero-order valence-electron chi connectivity index (χ0n) is 8.96. The monoisotopic (exact) mass is 223 g/mol. The topological polar surface area (TPSA) is 54.0 Å². The largest absolute Gasteiger partial charge is 0.465 e. The van der Waals surface area contributed by atoms with Gasteiger partial charge in [-0.25, -0.2) is 0 Å². The van der Waals surface area contributed by atoms with Gasteiger partial charge in [0.25, 0.3) is 0 Å². The van der Waals surface area contributed by atoms with Crippen molar-refractivity contribution in [3.63, 3.8) is 0 Å². The number of allylic oxidation sites excluding steroid dienone is 1. The first-order chi connectivity index (χ1) is 8.31. The van der Waals surface area contributed by atoms with E-state index in [9.17, 15) is 4.79 Å². The van der Waals surface area contributed by atoms with Crippen LogP contribution in [0.1, 0.15) is 16.1 Å². The molecule has 0 N–H and O–H groups in total. The SMILES string of the molecule is N#C/C(=C\c1ccco1)C(=O)c1ccccc1. The van der Waals surface area contributed by atoms with E-state index in [0.717, 1.165) is 0 Å². The lowest BCUT2D eigenvalue weighted by Crippen LogP contribution is -2.01. The summed E-state index contributed by atoms with van der Waals surface area (Å²) in [6, 6.07) is 14.0. The molecule has 0 radical (unpaired) electrons. The van der Waals surface area contributed by atoms with Gasteiger partial charge < -0.3 is 4.42 Å². The molecule has 2 rings (SSSR count). The summed E-state index contributed by atoms with van der Waals surface area (Å²) in [4.78, 5) is 12.0. The predicted molar refractivity (Wildman–Crippen MR) is 63.1 cm³/mol. The van der Waals surface area contributed by atoms with Crippen molar-refractivity contribution in [1.29, 1.82) is 5.26 Å². The first-order valence-corrected chi connectivity index (χ1v) is 5.06. The van der Waals surface area contributed by atoms with Crippen molar-refractivity contribution in [3.8, 4) is 6.07 Å². The first kappa shape index (κ1) is 10.9. The van der Waals surface area contributed by atoms with Crippen LogP contribution in [0.2, 0.25) is 0 Å². The van der Waals surface area contributed by atoms with Crippen LogP contribution in [0, 0.1) is 11.3 Å². The Morgan fingerprint density at radius 1 is 1.18 bits per heavy atom. The third-order valence-corrected chi connectivity index (χ3v) is 2.23. The molecule has 0 spiro atoms. The van der Waals surface area contributed by atoms with Gasteiger partial charge in [-0.3, -0.25) is 4.79 Å². The van der Waals surface area contributed by atoms with E-state index in [-0.39, 0.29) is 11.4 Å². The fourth-order valence-corrected chi connectivity index (χ4v) is 1.41. The summed E-state index contributed by atoms with van der Waals surface area (Å²) in [5, 5.41) is 8.98. The maximum absolute atomic E-state index is 12.0. The van der Waals surface area contributed by atoms with Gasteiger partial charge in [-0.1, -0.05) is 30.3 Å². The normalized spacial score (nSPS) is 10.9. The lowest BCUT2D eigenvalue weighted by Gasteiger charge is -1.97. The molecular formula is C14H9NO2. The van der Waals surface area contributed by atoms with Gasteiger partial charge in [0.15, 0.2) is 0 Å². The Labute approximate surface area is 98.6 Å². The zero-order valence-corrected chi connectivity index (χ0v) is 8.96. The number of Topliss-reactive ketones (excluding diaryl/α,β-unsaturated/α-hetero) is 1. The van der Waals surface area contributed by atoms with Gasteiger partial charge in [0.05, 0.1) is 6.26 Å². The number of benzene rings is 1. The molecule has 0 amide bonds. The molecule has 1 aromatic heterocycles. The van der Waals surface area contributed by atoms with Crippen molar-refractivity contribution in [3.05, 3.63) is 65.6 Å². The van der Waals surface area contributed by atoms with E-state index in [0.29, 0.717) is 11.3 Å². The van der Waals surface area contributed by atoms with Crippen LogP contribution < -0.4 is 0 Å². The fourth-order valence-electron chi connectivity index (χ4n) is 1.41. The molecule has 0 saturated carbocycles. The molecule has 0 atom stereocenters. The quantitative estimate of drug-likeness (QED) is 0.456. The molecular weight excluding hydrogens is 214 g/mol. The van der Waals surface area contributed by atoms with Crippen LogP contribution in [0.25, 0.3) is 6.08 Å². The van der Waals surface area contributed by atoms with Gasteiger partial charge in [-0.2, -0.15) is 5.26 Å². The Morgan fingerprint density at radius 3 is 2.53 bits per heavy atom. The summed E-state index contributed by atoms with van der Waals surface area (Å²) in [5.74, 6) is 0.190. The lowest BCUT2D eigenvalue weighted by molar-refractivity contribution is 0.104. The van der Waals surface area contributed by atoms with Crippen molar-refractivity contribution in [2.24, 2.45) is 0 Å². The number of rotatable bonds is 3. The minimum atomic E-state index is -0.301. The summed E-state index contributed by atoms with van der Waals surface area (Å²) in [6.45, 7) is 0. The van der Waals surface area contributed by atoms with Gasteiger partial charge >= 0.3 is 0 Å². The molecule has 1 heterocycles. The van der Waals surface area contributed by atoms with Gasteiger partial charge in [0, 0.05) is 11.6 Å². The Bertz CT molecular complexity index is 574. The molecule has 0 aliphatic rings. The molecule has 3 nitrogen and oxygen atoms in total. The Kier molecular flexibility index (Phi) is 3.18. The average molecular weight is 223 g/mol. The maximum Gasteiger partial charge on any atom is 0.203 e. The van der Waals surface area contributed by atoms with Gasteiger partial charge in [0.2, 0.25) is 5.78 Å². The van der Waals surface area contributed by atoms with Crippen LogP contribution in [0.5, 0.6) is 0 Å². The number of hydrogen-bond acceptors (Lipinski definition) is 3. The molecule has 0 aliphatic carbocycles. The van der Waals surface area contributed by atoms with Crippen LogP contribution in [0.15, 0.2) is 58.7 Å². The minimum Gasteiger partial charge on any atom is -0.465 e. The van der Waals surface area contributed by atoms with Crippen LogP contribution in [-0.2, 0) is 0 Å². The molecule has 1 aromatic carbocycles. The molecule has 3 heteroatoms. The molecule has 0 fully saturated rings. The summed E-state index contributed by atoms with van der Waals surface area (Å²) >= 11 is 0. The number of carbonyl (C=O) groups excluding carboxylic acids is 1. The van der Waals surface area contributed by atoms with Gasteiger partial charge in [-0.15, -0.1) is 0 Å². The fraction of sp³-hybridized carbons (Fsp3) is 0. The highest BCUT2D eigenvalue weighted by Gasteiger charge is 2.11. The highest BCUT2D eigenvalue weighted by atomic mass is 16.3. The predicted octanol–water partition coefficient (Wildman–Crippen LogP) is 3.07. The highest BCUT2D eigenvalue weighted by molar-refractivity contribution is 6.13. The molecule has 2 aromatic rings. The lowest BCUT2D eigenvalue weighted by atomic mass is 10.0. The molecule has 0 unspecified atom stereocenters. The van der Waals surface area contributed by atoms with Crippen LogP contribution in [0.4, 0.5) is 0 Å². The van der Waals surface area contributed by atoms with E-state index in [1.54, 1.807) is 36.4 Å². The molecule has 0 bridgehead atoms. The third kappa shape index (κ3) is 2.50. The van der Waals surface area contributed by atoms with Crippen LogP contribution in [-0.4, -0.2) is 5.78 Å². The van der Waals surface area contributed by atoms with E-state index in [1.165, 1.54) is 12.3 Å². The number of nitrogens with zero attached hydrogens (tertiary/aromatic N) is 1. The Hall–Kier alpha value is -2.60. The Balaban J connectivity index is 2.33. The highest BCUT2D eigenvalue weighted by Crippen LogP contribution is 2.12. The second-order valence-electron chi connectivity index (χ2n) is 3.38. The smallest absolute Gasteiger partial charge is 0.203 e. The third-order valence-electron chi connectivity index (χ3n) is 2.23. The van der Waals surface area contributed by atoms with Crippen LogP contribution in [0.3, 0.4) is 0 Å². The van der Waals surface area contributed by atoms with E-state index in [1.807, 2.05) is 12.1 Å². The number of nitriles is 1. The number of carbonyl (C=O) groups is 1. The summed E-state index contributed by atoms with van der Waals surface area (Å²) in [5.41, 5.74) is 0.554. The number of hydrogen-bond donors (Lipinski definition) is 0. The van der Waals surface area contributed by atoms with E-state index < -0.39 is 0 Å². The number of furan rings is 1. The Morgan fingerprint density at radius 2 is 1.94 bits per heavy atom. The minimum absolute atomic E-state index is 0.0613. The summed E-state index contributed by atoms with van der Waals surface area (Å²) in [7, 11) is 0. The van der Waals surface area contributed by atoms with Crippen molar-refractivity contribution < 1.29 is 9.21 Å². The average Bonchev–Trinajstić information content (AvgIpc) is 2.89.